The summed E-state index contributed by atoms with van der Waals surface area (Å²) in [7, 11) is 0. The molecule has 0 bridgehead atoms. The van der Waals surface area contributed by atoms with E-state index in [0.29, 0.717) is 0 Å². The molecule has 8 aromatic rings. The van der Waals surface area contributed by atoms with Gasteiger partial charge in [0, 0.05) is 0 Å². The molecule has 0 aromatic heterocycles. The predicted molar refractivity (Wildman–Crippen MR) is 202 cm³/mol. The Morgan fingerprint density at radius 3 is 0.473 bits per heavy atom. The first-order chi connectivity index (χ1) is 34.4. The molecule has 392 valence electrons. The molecule has 0 saturated heterocycles. The molecule has 8 aromatic carbocycles. The van der Waals surface area contributed by atoms with E-state index < -0.39 is 234 Å². The molecule has 0 fully saturated rings. The van der Waals surface area contributed by atoms with E-state index in [-0.39, 0.29) is 0 Å². The molecule has 3 N–H and O–H groups in total. The van der Waals surface area contributed by atoms with Crippen LogP contribution in [0.3, 0.4) is 0 Å². The molecular weight excluding hydrogens is 1090 g/mol. The Morgan fingerprint density at radius 1 is 0.216 bits per heavy atom. The maximum absolute atomic E-state index is 17.3. The summed E-state index contributed by atoms with van der Waals surface area (Å²) in [5, 5.41) is -27.0. The predicted octanol–water partition coefficient (Wildman–Crippen LogP) is 11.6. The van der Waals surface area contributed by atoms with Crippen molar-refractivity contribution < 1.29 is 129 Å². The molecule has 8 rings (SSSR count). The Hall–Kier alpha value is -7.14. The molecule has 0 spiro atoms. The van der Waals surface area contributed by atoms with Crippen molar-refractivity contribution in [2.45, 2.75) is 19.8 Å². The van der Waals surface area contributed by atoms with Gasteiger partial charge in [0.15, 0.2) is 140 Å². The first-order valence-electron chi connectivity index (χ1n) is 19.7. The van der Waals surface area contributed by atoms with Crippen LogP contribution in [0.15, 0.2) is 0 Å². The van der Waals surface area contributed by atoms with E-state index in [4.69, 9.17) is 0 Å². The fourth-order valence-corrected chi connectivity index (χ4v) is 8.84. The van der Waals surface area contributed by atoms with Gasteiger partial charge < -0.3 is 5.73 Å². The van der Waals surface area contributed by atoms with Gasteiger partial charge in [-0.15, -0.1) is 21.9 Å². The molecule has 0 saturated carbocycles. The highest BCUT2D eigenvalue weighted by atomic mass is 19.2. The molecule has 0 heterocycles. The van der Waals surface area contributed by atoms with Crippen molar-refractivity contribution in [3.63, 3.8) is 0 Å². The maximum Gasteiger partial charge on any atom is 0.198 e. The van der Waals surface area contributed by atoms with Gasteiger partial charge in [0.2, 0.25) is 0 Å². The van der Waals surface area contributed by atoms with Crippen LogP contribution in [0.2, 0.25) is 0 Å². The highest BCUT2D eigenvalue weighted by Gasteiger charge is 2.52. The van der Waals surface area contributed by atoms with E-state index in [1.54, 1.807) is 0 Å². The Bertz CT molecular complexity index is 3310. The van der Waals surface area contributed by atoms with Crippen molar-refractivity contribution >= 4 is 71.1 Å². The van der Waals surface area contributed by atoms with Crippen molar-refractivity contribution in [3.8, 4) is 0 Å². The molecule has 0 unspecified atom stereocenters. The van der Waals surface area contributed by atoms with Gasteiger partial charge in [-0.2, -0.15) is 0 Å². The minimum Gasteiger partial charge on any atom is -0.358 e. The van der Waals surface area contributed by atoms with E-state index in [1.807, 2.05) is 0 Å². The van der Waals surface area contributed by atoms with Gasteiger partial charge in [-0.05, 0) is 28.0 Å². The molecule has 0 aliphatic rings. The van der Waals surface area contributed by atoms with Gasteiger partial charge in [0.05, 0.1) is 28.1 Å². The number of rotatable bonds is 6. The molecule has 0 aliphatic heterocycles. The van der Waals surface area contributed by atoms with Crippen molar-refractivity contribution in [2.24, 2.45) is 0 Å². The average molecular weight is 1100 g/mol. The van der Waals surface area contributed by atoms with E-state index in [9.17, 15) is 17.6 Å². The number of benzene rings is 8. The number of quaternary nitrogens is 1. The number of fused-ring (bicyclic) bond motifs is 4. The van der Waals surface area contributed by atoms with Crippen molar-refractivity contribution in [1.82, 2.24) is 0 Å². The first kappa shape index (κ1) is 54.6. The molecular formula is C44H12BF28N. The minimum absolute atomic E-state index is 1.09. The zero-order valence-electron chi connectivity index (χ0n) is 35.0. The largest absolute Gasteiger partial charge is 0.358 e. The second kappa shape index (κ2) is 18.7. The molecule has 74 heavy (non-hydrogen) atoms. The average Bonchev–Trinajstić information content (AvgIpc) is 3.37. The topological polar surface area (TPSA) is 27.6 Å². The van der Waals surface area contributed by atoms with Gasteiger partial charge in [0.25, 0.3) is 0 Å². The highest BCUT2D eigenvalue weighted by molar-refractivity contribution is 7.23. The van der Waals surface area contributed by atoms with Crippen LogP contribution in [0.5, 0.6) is 0 Å². The normalized spacial score (nSPS) is 12.1. The van der Waals surface area contributed by atoms with E-state index in [0.717, 1.165) is 6.54 Å². The minimum atomic E-state index is -8.05. The molecule has 0 atom stereocenters. The van der Waals surface area contributed by atoms with Crippen LogP contribution in [0.4, 0.5) is 123 Å². The van der Waals surface area contributed by atoms with Gasteiger partial charge in [0.1, 0.15) is 29.4 Å². The fraction of sp³-hybridized carbons (Fsp3) is 0.0909. The standard InChI is InChI=1S/C40BF28.C4H11N/c42-13-1-5(21(50)37(66)33(13)62)17(46)29(58)25(54)9(1)41(10-2-6(18(47)30(59)26(10)55)22(51)38(67)34(63)14(2)43,11-3-7(19(48)31(60)27(11)56)23(52)39(68)35(64)15(3)44)12-4-8(20(49)32(61)28(12)57)24(53)40(69)36(65)16(4)45;1-2-3-4-5/h;2-5H2,1H3/q-1;/p+1. The second-order valence-corrected chi connectivity index (χ2v) is 15.5. The Morgan fingerprint density at radius 2 is 0.351 bits per heavy atom. The van der Waals surface area contributed by atoms with Gasteiger partial charge in [-0.25, -0.2) is 123 Å². The summed E-state index contributed by atoms with van der Waals surface area (Å²) in [6.07, 6.45) is -5.49. The summed E-state index contributed by atoms with van der Waals surface area (Å²) < 4.78 is 446. The third-order valence-corrected chi connectivity index (χ3v) is 11.8. The summed E-state index contributed by atoms with van der Waals surface area (Å²) in [4.78, 5) is 0. The summed E-state index contributed by atoms with van der Waals surface area (Å²) in [6, 6.07) is 0. The van der Waals surface area contributed by atoms with Crippen LogP contribution in [0.1, 0.15) is 19.8 Å². The lowest BCUT2D eigenvalue weighted by Crippen LogP contribution is -2.79. The fourth-order valence-electron chi connectivity index (χ4n) is 8.84. The summed E-state index contributed by atoms with van der Waals surface area (Å²) in [5.41, 5.74) is -11.8. The van der Waals surface area contributed by atoms with Crippen LogP contribution in [-0.4, -0.2) is 12.7 Å². The summed E-state index contributed by atoms with van der Waals surface area (Å²) in [6.45, 7) is 3.27. The Balaban J connectivity index is 0.00000153. The molecule has 30 heteroatoms. The molecule has 0 amide bonds. The van der Waals surface area contributed by atoms with Gasteiger partial charge >= 0.3 is 0 Å². The van der Waals surface area contributed by atoms with Crippen molar-refractivity contribution in [2.75, 3.05) is 6.54 Å². The third-order valence-electron chi connectivity index (χ3n) is 11.8. The first-order valence-corrected chi connectivity index (χ1v) is 19.7. The van der Waals surface area contributed by atoms with Crippen LogP contribution in [-0.2, 0) is 0 Å². The second-order valence-electron chi connectivity index (χ2n) is 15.5. The number of unbranched alkanes of at least 4 members (excludes halogenated alkanes) is 1. The highest BCUT2D eigenvalue weighted by Crippen LogP contribution is 2.42. The van der Waals surface area contributed by atoms with Crippen LogP contribution in [0.25, 0.3) is 43.1 Å². The smallest absolute Gasteiger partial charge is 0.198 e. The lowest BCUT2D eigenvalue weighted by Gasteiger charge is -2.47. The molecule has 0 radical (unpaired) electrons. The quantitative estimate of drug-likeness (QED) is 0.0744. The van der Waals surface area contributed by atoms with E-state index in [2.05, 4.69) is 12.7 Å². The van der Waals surface area contributed by atoms with Crippen molar-refractivity contribution in [3.05, 3.63) is 163 Å². The SMILES string of the molecule is CCCC[NH3+].Fc1c(F)c(F)c2c([B-](c3c(F)c(F)c(F)c4c(F)c(F)c(F)c(F)c34)(c3c(F)c(F)c(F)c4c(F)c(F)c(F)c(F)c34)c3c(F)c(F)c(F)c4c(F)c(F)c(F)c(F)c34)c(F)c(F)c(F)c2c1F. The maximum atomic E-state index is 17.3. The van der Waals surface area contributed by atoms with Gasteiger partial charge in [-0.1, -0.05) is 13.3 Å². The Labute approximate surface area is 388 Å². The zero-order chi connectivity index (χ0) is 55.7. The number of hydrogen-bond donors (Lipinski definition) is 1. The number of hydrogen-bond acceptors (Lipinski definition) is 0. The van der Waals surface area contributed by atoms with Gasteiger partial charge in [-0.3, -0.25) is 0 Å². The third kappa shape index (κ3) is 6.97. The zero-order valence-corrected chi connectivity index (χ0v) is 35.0. The Kier molecular flexibility index (Phi) is 13.8. The summed E-state index contributed by atoms with van der Waals surface area (Å²) >= 11 is 0. The van der Waals surface area contributed by atoms with Crippen LogP contribution >= 0.6 is 0 Å². The van der Waals surface area contributed by atoms with E-state index >= 15 is 105 Å². The van der Waals surface area contributed by atoms with Crippen molar-refractivity contribution in [1.29, 1.82) is 0 Å². The number of halogens is 28. The molecule has 1 nitrogen and oxygen atoms in total. The summed E-state index contributed by atoms with van der Waals surface area (Å²) in [5.74, 6) is -104. The lowest BCUT2D eigenvalue weighted by atomic mass is 9.11. The van der Waals surface area contributed by atoms with Crippen LogP contribution in [0, 0.1) is 163 Å². The van der Waals surface area contributed by atoms with E-state index in [1.165, 1.54) is 12.8 Å². The monoisotopic (exact) mass is 1100 g/mol. The van der Waals surface area contributed by atoms with Crippen LogP contribution < -0.4 is 27.6 Å². The lowest BCUT2D eigenvalue weighted by molar-refractivity contribution is -0.368. The molecule has 0 aliphatic carbocycles.